The maximum absolute atomic E-state index is 9.89. The van der Waals surface area contributed by atoms with E-state index in [1.54, 1.807) is 0 Å². The minimum absolute atomic E-state index is 0.0190. The largest absolute Gasteiger partial charge is 0.394 e. The Labute approximate surface area is 166 Å². The van der Waals surface area contributed by atoms with Gasteiger partial charge in [0.2, 0.25) is 0 Å². The Balaban J connectivity index is 1.61. The summed E-state index contributed by atoms with van der Waals surface area (Å²) in [5.41, 5.74) is 0. The molecule has 2 saturated heterocycles. The van der Waals surface area contributed by atoms with Gasteiger partial charge in [0, 0.05) is 7.11 Å². The molecule has 0 aromatic carbocycles. The molecule has 0 aromatic rings. The molecule has 10 atom stereocenters. The summed E-state index contributed by atoms with van der Waals surface area (Å²) in [6.45, 7) is -0.935. The van der Waals surface area contributed by atoms with Crippen molar-refractivity contribution in [3.63, 3.8) is 0 Å². The molecule has 0 radical (unpaired) electrons. The van der Waals surface area contributed by atoms with Gasteiger partial charge >= 0.3 is 0 Å². The third kappa shape index (κ3) is 6.24. The van der Waals surface area contributed by atoms with Crippen LogP contribution in [0, 0.1) is 0 Å². The summed E-state index contributed by atoms with van der Waals surface area (Å²) in [5, 5.41) is 67.6. The predicted molar refractivity (Wildman–Crippen MR) is 90.2 cm³/mol. The first kappa shape index (κ1) is 24.7. The zero-order chi connectivity index (χ0) is 21.6. The predicted octanol–water partition coefficient (Wildman–Crippen LogP) is -4.75. The van der Waals surface area contributed by atoms with Crippen LogP contribution in [0.5, 0.6) is 0 Å². The first-order valence-electron chi connectivity index (χ1n) is 9.11. The van der Waals surface area contributed by atoms with Gasteiger partial charge in [0.1, 0.15) is 55.6 Å². The van der Waals surface area contributed by atoms with Crippen molar-refractivity contribution < 1.29 is 64.2 Å². The van der Waals surface area contributed by atoms with Crippen molar-refractivity contribution in [1.29, 1.82) is 0 Å². The van der Waals surface area contributed by atoms with Crippen LogP contribution in [0.2, 0.25) is 0 Å². The lowest BCUT2D eigenvalue weighted by atomic mass is 9.99. The minimum atomic E-state index is -1.53. The third-order valence-electron chi connectivity index (χ3n) is 4.71. The van der Waals surface area contributed by atoms with E-state index >= 15 is 0 Å². The number of methoxy groups -OCH3 is 1. The number of hydrogen-bond donors (Lipinski definition) is 7. The molecule has 172 valence electrons. The van der Waals surface area contributed by atoms with E-state index in [0.717, 1.165) is 0 Å². The van der Waals surface area contributed by atoms with E-state index in [1.165, 1.54) is 7.11 Å². The van der Waals surface area contributed by atoms with Gasteiger partial charge in [-0.15, -0.1) is 0 Å². The van der Waals surface area contributed by atoms with Crippen LogP contribution in [0.1, 0.15) is 0 Å². The first-order valence-corrected chi connectivity index (χ1v) is 9.11. The second-order valence-corrected chi connectivity index (χ2v) is 6.72. The topological polar surface area (TPSA) is 197 Å². The van der Waals surface area contributed by atoms with Crippen LogP contribution in [-0.2, 0) is 28.4 Å². The van der Waals surface area contributed by atoms with Crippen molar-refractivity contribution in [1.82, 2.24) is 0 Å². The average Bonchev–Trinajstić information content (AvgIpc) is 2.72. The number of aliphatic hydroxyl groups excluding tert-OH is 7. The van der Waals surface area contributed by atoms with Crippen molar-refractivity contribution in [3.8, 4) is 0 Å². The van der Waals surface area contributed by atoms with Crippen molar-refractivity contribution >= 4 is 0 Å². The van der Waals surface area contributed by atoms with E-state index in [-0.39, 0.29) is 26.6 Å². The molecule has 0 spiro atoms. The molecule has 2 aliphatic rings. The van der Waals surface area contributed by atoms with E-state index in [0.29, 0.717) is 0 Å². The summed E-state index contributed by atoms with van der Waals surface area (Å²) in [6.07, 6.45) is -13.0. The fourth-order valence-corrected chi connectivity index (χ4v) is 2.96. The lowest BCUT2D eigenvalue weighted by Gasteiger charge is -2.39. The van der Waals surface area contributed by atoms with Crippen LogP contribution in [-0.4, -0.2) is 137 Å². The summed E-state index contributed by atoms with van der Waals surface area (Å²) < 4.78 is 30.9. The number of ether oxygens (including phenoxy) is 6. The average molecular weight is 430 g/mol. The fourth-order valence-electron chi connectivity index (χ4n) is 2.96. The van der Waals surface area contributed by atoms with Gasteiger partial charge < -0.3 is 64.2 Å². The van der Waals surface area contributed by atoms with E-state index in [9.17, 15) is 30.6 Å². The summed E-state index contributed by atoms with van der Waals surface area (Å²) >= 11 is 0. The molecule has 2 rings (SSSR count). The van der Waals surface area contributed by atoms with Crippen molar-refractivity contribution in [2.75, 3.05) is 40.3 Å². The minimum Gasteiger partial charge on any atom is -0.394 e. The molecule has 0 amide bonds. The van der Waals surface area contributed by atoms with Crippen LogP contribution in [0.4, 0.5) is 0 Å². The Morgan fingerprint density at radius 1 is 0.690 bits per heavy atom. The van der Waals surface area contributed by atoms with E-state index in [4.69, 9.17) is 33.5 Å². The van der Waals surface area contributed by atoms with Gasteiger partial charge in [0.25, 0.3) is 0 Å². The summed E-state index contributed by atoms with van der Waals surface area (Å²) in [7, 11) is 1.29. The number of hydrogen-bond acceptors (Lipinski definition) is 13. The van der Waals surface area contributed by atoms with Gasteiger partial charge in [-0.1, -0.05) is 0 Å². The lowest BCUT2D eigenvalue weighted by molar-refractivity contribution is -0.304. The van der Waals surface area contributed by atoms with Crippen LogP contribution >= 0.6 is 0 Å². The molecular formula is C16H30O13. The molecule has 0 saturated carbocycles. The molecule has 0 unspecified atom stereocenters. The van der Waals surface area contributed by atoms with E-state index in [2.05, 4.69) is 0 Å². The maximum Gasteiger partial charge on any atom is 0.186 e. The first-order chi connectivity index (χ1) is 13.8. The van der Waals surface area contributed by atoms with Crippen molar-refractivity contribution in [2.24, 2.45) is 0 Å². The highest BCUT2D eigenvalue weighted by Gasteiger charge is 2.45. The maximum atomic E-state index is 9.89. The van der Waals surface area contributed by atoms with Gasteiger partial charge in [-0.3, -0.25) is 0 Å². The summed E-state index contributed by atoms with van der Waals surface area (Å²) in [4.78, 5) is 0. The zero-order valence-electron chi connectivity index (χ0n) is 15.9. The smallest absolute Gasteiger partial charge is 0.186 e. The Morgan fingerprint density at radius 3 is 1.90 bits per heavy atom. The van der Waals surface area contributed by atoms with E-state index < -0.39 is 68.0 Å². The summed E-state index contributed by atoms with van der Waals surface area (Å²) in [5.74, 6) is 0. The molecule has 2 heterocycles. The molecule has 0 aliphatic carbocycles. The SMILES string of the molecule is CO[C@H]1O[C@H](COCOCCO[C@H]2O[C@H](CO)[C@@H](O)[C@H](O)[C@@H]2O)[C@@H](O)[C@H](O)[C@@H]1O. The Kier molecular flexibility index (Phi) is 10.0. The van der Waals surface area contributed by atoms with Gasteiger partial charge in [0.15, 0.2) is 12.6 Å². The highest BCUT2D eigenvalue weighted by atomic mass is 16.7. The van der Waals surface area contributed by atoms with Crippen LogP contribution < -0.4 is 0 Å². The highest BCUT2D eigenvalue weighted by Crippen LogP contribution is 2.23. The highest BCUT2D eigenvalue weighted by molar-refractivity contribution is 4.89. The van der Waals surface area contributed by atoms with E-state index in [1.807, 2.05) is 0 Å². The molecule has 13 nitrogen and oxygen atoms in total. The molecular weight excluding hydrogens is 400 g/mol. The Bertz CT molecular complexity index is 424. The molecule has 0 aromatic heterocycles. The third-order valence-corrected chi connectivity index (χ3v) is 4.71. The Morgan fingerprint density at radius 2 is 1.28 bits per heavy atom. The molecule has 0 bridgehead atoms. The van der Waals surface area contributed by atoms with Gasteiger partial charge in [-0.25, -0.2) is 0 Å². The molecule has 2 aliphatic heterocycles. The number of rotatable bonds is 10. The van der Waals surface area contributed by atoms with Crippen molar-refractivity contribution in [3.05, 3.63) is 0 Å². The monoisotopic (exact) mass is 430 g/mol. The molecule has 13 heteroatoms. The van der Waals surface area contributed by atoms with Gasteiger partial charge in [0.05, 0.1) is 26.4 Å². The standard InChI is InChI=1S/C16H30O13/c1-24-15-13(22)12(21)10(19)8(29-15)5-26-6-25-2-3-27-16-14(23)11(20)9(18)7(4-17)28-16/h7-23H,2-6H2,1H3/t7-,8-,9-,10-,11+,12+,13+,14+,15+,16+/m1/s1. The molecule has 2 fully saturated rings. The molecule has 29 heavy (non-hydrogen) atoms. The lowest BCUT2D eigenvalue weighted by Crippen LogP contribution is -2.59. The van der Waals surface area contributed by atoms with Crippen molar-refractivity contribution in [2.45, 2.75) is 61.4 Å². The normalized spacial score (nSPS) is 43.4. The van der Waals surface area contributed by atoms with Gasteiger partial charge in [-0.05, 0) is 0 Å². The Hall–Kier alpha value is -0.520. The second kappa shape index (κ2) is 11.8. The van der Waals surface area contributed by atoms with Crippen LogP contribution in [0.3, 0.4) is 0 Å². The quantitative estimate of drug-likeness (QED) is 0.129. The van der Waals surface area contributed by atoms with Crippen LogP contribution in [0.15, 0.2) is 0 Å². The molecule has 7 N–H and O–H groups in total. The zero-order valence-corrected chi connectivity index (χ0v) is 15.9. The van der Waals surface area contributed by atoms with Gasteiger partial charge in [-0.2, -0.15) is 0 Å². The second-order valence-electron chi connectivity index (χ2n) is 6.72. The summed E-state index contributed by atoms with van der Waals surface area (Å²) in [6, 6.07) is 0. The van der Waals surface area contributed by atoms with Crippen LogP contribution in [0.25, 0.3) is 0 Å². The number of aliphatic hydroxyl groups is 7. The fraction of sp³-hybridized carbons (Fsp3) is 1.00.